The summed E-state index contributed by atoms with van der Waals surface area (Å²) in [5.74, 6) is -0.576. The van der Waals surface area contributed by atoms with E-state index in [9.17, 15) is 15.3 Å². The molecule has 0 aliphatic carbocycles. The van der Waals surface area contributed by atoms with Crippen molar-refractivity contribution in [3.05, 3.63) is 41.5 Å². The number of phenols is 3. The van der Waals surface area contributed by atoms with Crippen LogP contribution in [0.25, 0.3) is 11.1 Å². The van der Waals surface area contributed by atoms with Gasteiger partial charge in [0.05, 0.1) is 0 Å². The minimum absolute atomic E-state index is 0.0331. The highest BCUT2D eigenvalue weighted by atomic mass is 16.3. The summed E-state index contributed by atoms with van der Waals surface area (Å²) in [5, 5.41) is 28.9. The van der Waals surface area contributed by atoms with Crippen molar-refractivity contribution in [3.63, 3.8) is 0 Å². The summed E-state index contributed by atoms with van der Waals surface area (Å²) < 4.78 is 0. The second-order valence-corrected chi connectivity index (χ2v) is 4.56. The quantitative estimate of drug-likeness (QED) is 0.582. The molecule has 19 heavy (non-hydrogen) atoms. The Morgan fingerprint density at radius 1 is 0.737 bits per heavy atom. The highest BCUT2D eigenvalue weighted by Crippen LogP contribution is 2.39. The average Bonchev–Trinajstić information content (AvgIpc) is 2.42. The van der Waals surface area contributed by atoms with Crippen LogP contribution in [-0.4, -0.2) is 15.3 Å². The zero-order valence-electron chi connectivity index (χ0n) is 11.1. The minimum atomic E-state index is -0.315. The fourth-order valence-electron chi connectivity index (χ4n) is 2.20. The van der Waals surface area contributed by atoms with Gasteiger partial charge in [0, 0.05) is 11.6 Å². The van der Waals surface area contributed by atoms with Gasteiger partial charge in [0.25, 0.3) is 0 Å². The summed E-state index contributed by atoms with van der Waals surface area (Å²) in [5.41, 5.74) is 3.77. The van der Waals surface area contributed by atoms with Gasteiger partial charge >= 0.3 is 0 Å². The van der Waals surface area contributed by atoms with Crippen LogP contribution in [-0.2, 0) is 12.8 Å². The van der Waals surface area contributed by atoms with Crippen LogP contribution in [0.1, 0.15) is 25.0 Å². The molecule has 0 spiro atoms. The fraction of sp³-hybridized carbons (Fsp3) is 0.250. The second kappa shape index (κ2) is 5.22. The van der Waals surface area contributed by atoms with Crippen LogP contribution < -0.4 is 0 Å². The molecule has 0 saturated heterocycles. The summed E-state index contributed by atoms with van der Waals surface area (Å²) in [7, 11) is 0. The third kappa shape index (κ3) is 2.50. The van der Waals surface area contributed by atoms with E-state index in [1.807, 2.05) is 12.1 Å². The van der Waals surface area contributed by atoms with Crippen molar-refractivity contribution in [1.29, 1.82) is 0 Å². The van der Waals surface area contributed by atoms with Crippen LogP contribution in [0.3, 0.4) is 0 Å². The summed E-state index contributed by atoms with van der Waals surface area (Å²) in [6, 6.07) is 8.63. The summed E-state index contributed by atoms with van der Waals surface area (Å²) in [6.45, 7) is 4.15. The van der Waals surface area contributed by atoms with E-state index in [4.69, 9.17) is 0 Å². The molecule has 2 aromatic rings. The molecule has 0 bridgehead atoms. The summed E-state index contributed by atoms with van der Waals surface area (Å²) in [6.07, 6.45) is 1.80. The fourth-order valence-corrected chi connectivity index (χ4v) is 2.20. The van der Waals surface area contributed by atoms with Crippen molar-refractivity contribution < 1.29 is 15.3 Å². The molecule has 0 saturated carbocycles. The summed E-state index contributed by atoms with van der Waals surface area (Å²) in [4.78, 5) is 0. The van der Waals surface area contributed by atoms with Gasteiger partial charge in [0.15, 0.2) is 11.5 Å². The van der Waals surface area contributed by atoms with Crippen molar-refractivity contribution in [2.24, 2.45) is 0 Å². The lowest BCUT2D eigenvalue weighted by atomic mass is 9.94. The number of hydrogen-bond donors (Lipinski definition) is 3. The van der Waals surface area contributed by atoms with Gasteiger partial charge in [-0.2, -0.15) is 0 Å². The molecule has 0 aromatic heterocycles. The van der Waals surface area contributed by atoms with E-state index in [2.05, 4.69) is 19.9 Å². The molecule has 0 heterocycles. The van der Waals surface area contributed by atoms with Crippen LogP contribution in [0.5, 0.6) is 17.2 Å². The van der Waals surface area contributed by atoms with Gasteiger partial charge in [-0.3, -0.25) is 0 Å². The van der Waals surface area contributed by atoms with Crippen molar-refractivity contribution in [3.8, 4) is 28.4 Å². The largest absolute Gasteiger partial charge is 0.507 e. The van der Waals surface area contributed by atoms with Crippen LogP contribution in [0.15, 0.2) is 30.3 Å². The molecule has 0 aliphatic heterocycles. The SMILES string of the molecule is CCc1ccc(-c2cc(O)c(O)cc2O)c(CC)c1. The smallest absolute Gasteiger partial charge is 0.161 e. The van der Waals surface area contributed by atoms with E-state index in [1.165, 1.54) is 11.6 Å². The van der Waals surface area contributed by atoms with Gasteiger partial charge in [0.1, 0.15) is 5.75 Å². The van der Waals surface area contributed by atoms with Gasteiger partial charge < -0.3 is 15.3 Å². The third-order valence-electron chi connectivity index (χ3n) is 3.34. The van der Waals surface area contributed by atoms with Crippen molar-refractivity contribution in [2.75, 3.05) is 0 Å². The molecule has 0 unspecified atom stereocenters. The topological polar surface area (TPSA) is 60.7 Å². The molecule has 0 atom stereocenters. The Hall–Kier alpha value is -2.16. The van der Waals surface area contributed by atoms with Gasteiger partial charge in [-0.15, -0.1) is 0 Å². The molecule has 3 N–H and O–H groups in total. The first-order valence-corrected chi connectivity index (χ1v) is 6.43. The van der Waals surface area contributed by atoms with Gasteiger partial charge in [-0.25, -0.2) is 0 Å². The van der Waals surface area contributed by atoms with E-state index in [0.29, 0.717) is 5.56 Å². The van der Waals surface area contributed by atoms with E-state index in [0.717, 1.165) is 30.0 Å². The molecular weight excluding hydrogens is 240 g/mol. The number of aromatic hydroxyl groups is 3. The van der Waals surface area contributed by atoms with Crippen molar-refractivity contribution >= 4 is 0 Å². The molecule has 3 heteroatoms. The molecule has 0 radical (unpaired) electrons. The van der Waals surface area contributed by atoms with Crippen molar-refractivity contribution in [1.82, 2.24) is 0 Å². The lowest BCUT2D eigenvalue weighted by Gasteiger charge is -2.12. The number of benzene rings is 2. The Labute approximate surface area is 112 Å². The molecule has 0 aliphatic rings. The Kier molecular flexibility index (Phi) is 3.65. The molecule has 2 rings (SSSR count). The van der Waals surface area contributed by atoms with Crippen molar-refractivity contribution in [2.45, 2.75) is 26.7 Å². The number of rotatable bonds is 3. The Bertz CT molecular complexity index is 603. The Balaban J connectivity index is 2.61. The van der Waals surface area contributed by atoms with Crippen LogP contribution >= 0.6 is 0 Å². The lowest BCUT2D eigenvalue weighted by Crippen LogP contribution is -1.91. The molecule has 0 amide bonds. The molecule has 2 aromatic carbocycles. The van der Waals surface area contributed by atoms with E-state index in [1.54, 1.807) is 0 Å². The van der Waals surface area contributed by atoms with Gasteiger partial charge in [0.2, 0.25) is 0 Å². The van der Waals surface area contributed by atoms with Gasteiger partial charge in [-0.05, 0) is 35.6 Å². The maximum atomic E-state index is 9.94. The monoisotopic (exact) mass is 258 g/mol. The minimum Gasteiger partial charge on any atom is -0.507 e. The third-order valence-corrected chi connectivity index (χ3v) is 3.34. The number of phenolic OH excluding ortho intramolecular Hbond substituents is 3. The van der Waals surface area contributed by atoms with Crippen LogP contribution in [0.2, 0.25) is 0 Å². The summed E-state index contributed by atoms with van der Waals surface area (Å²) >= 11 is 0. The molecule has 0 fully saturated rings. The maximum absolute atomic E-state index is 9.94. The predicted octanol–water partition coefficient (Wildman–Crippen LogP) is 3.60. The van der Waals surface area contributed by atoms with E-state index < -0.39 is 0 Å². The molecular formula is C16H18O3. The first-order chi connectivity index (χ1) is 9.06. The standard InChI is InChI=1S/C16H18O3/c1-3-10-5-6-12(11(4-2)7-10)13-8-15(18)16(19)9-14(13)17/h5-9,17-19H,3-4H2,1-2H3. The Morgan fingerprint density at radius 3 is 2.05 bits per heavy atom. The van der Waals surface area contributed by atoms with E-state index in [-0.39, 0.29) is 17.2 Å². The molecule has 3 nitrogen and oxygen atoms in total. The maximum Gasteiger partial charge on any atom is 0.161 e. The first-order valence-electron chi connectivity index (χ1n) is 6.43. The zero-order valence-corrected chi connectivity index (χ0v) is 11.1. The highest BCUT2D eigenvalue weighted by molar-refractivity contribution is 5.76. The number of aryl methyl sites for hydroxylation is 2. The van der Waals surface area contributed by atoms with Gasteiger partial charge in [-0.1, -0.05) is 32.0 Å². The predicted molar refractivity (Wildman–Crippen MR) is 75.6 cm³/mol. The van der Waals surface area contributed by atoms with E-state index >= 15 is 0 Å². The van der Waals surface area contributed by atoms with Crippen LogP contribution in [0.4, 0.5) is 0 Å². The average molecular weight is 258 g/mol. The van der Waals surface area contributed by atoms with Crippen LogP contribution in [0, 0.1) is 0 Å². The zero-order chi connectivity index (χ0) is 14.0. The first kappa shape index (κ1) is 13.3. The second-order valence-electron chi connectivity index (χ2n) is 4.56. The normalized spacial score (nSPS) is 10.6. The number of hydrogen-bond acceptors (Lipinski definition) is 3. The highest BCUT2D eigenvalue weighted by Gasteiger charge is 2.12. The molecule has 100 valence electrons. The Morgan fingerprint density at radius 2 is 1.42 bits per heavy atom. The lowest BCUT2D eigenvalue weighted by molar-refractivity contribution is 0.397.